The third kappa shape index (κ3) is 3.66. The topological polar surface area (TPSA) is 67.0 Å². The van der Waals surface area contributed by atoms with Gasteiger partial charge in [0.25, 0.3) is 0 Å². The summed E-state index contributed by atoms with van der Waals surface area (Å²) in [7, 11) is 1.65. The number of methoxy groups -OCH3 is 1. The van der Waals surface area contributed by atoms with E-state index in [1.54, 1.807) is 7.11 Å². The molecule has 5 nitrogen and oxygen atoms in total. The van der Waals surface area contributed by atoms with E-state index in [4.69, 9.17) is 4.74 Å². The van der Waals surface area contributed by atoms with Crippen molar-refractivity contribution in [1.29, 1.82) is 0 Å². The fourth-order valence-electron chi connectivity index (χ4n) is 1.50. The van der Waals surface area contributed by atoms with Gasteiger partial charge in [0.15, 0.2) is 0 Å². The minimum atomic E-state index is 0.0312. The predicted molar refractivity (Wildman–Crippen MR) is 61.3 cm³/mol. The Hall–Kier alpha value is -1.36. The summed E-state index contributed by atoms with van der Waals surface area (Å²) in [5.41, 5.74) is 2.85. The van der Waals surface area contributed by atoms with Gasteiger partial charge in [-0.2, -0.15) is 5.10 Å². The Bertz CT molecular complexity index is 327. The van der Waals surface area contributed by atoms with Crippen LogP contribution in [-0.2, 0) is 16.0 Å². The molecule has 0 aliphatic heterocycles. The molecule has 1 amide bonds. The van der Waals surface area contributed by atoms with Crippen molar-refractivity contribution in [2.45, 2.75) is 26.7 Å². The number of aromatic nitrogens is 2. The van der Waals surface area contributed by atoms with Crippen molar-refractivity contribution in [3.05, 3.63) is 17.0 Å². The van der Waals surface area contributed by atoms with Crippen LogP contribution in [0.25, 0.3) is 0 Å². The number of amides is 1. The molecule has 1 aromatic heterocycles. The summed E-state index contributed by atoms with van der Waals surface area (Å²) in [6.45, 7) is 5.15. The van der Waals surface area contributed by atoms with E-state index < -0.39 is 0 Å². The van der Waals surface area contributed by atoms with Crippen molar-refractivity contribution in [3.8, 4) is 0 Å². The molecule has 0 aliphatic rings. The molecule has 0 saturated heterocycles. The molecule has 2 N–H and O–H groups in total. The van der Waals surface area contributed by atoms with Crippen molar-refractivity contribution >= 4 is 5.91 Å². The summed E-state index contributed by atoms with van der Waals surface area (Å²) in [4.78, 5) is 11.6. The number of H-pyrrole nitrogens is 1. The zero-order valence-corrected chi connectivity index (χ0v) is 10.1. The lowest BCUT2D eigenvalue weighted by atomic mass is 10.1. The average molecular weight is 225 g/mol. The molecule has 0 saturated carbocycles. The number of rotatable bonds is 6. The Morgan fingerprint density at radius 2 is 2.25 bits per heavy atom. The summed E-state index contributed by atoms with van der Waals surface area (Å²) in [6, 6.07) is 0. The largest absolute Gasteiger partial charge is 0.385 e. The Kier molecular flexibility index (Phi) is 4.98. The number of nitrogens with zero attached hydrogens (tertiary/aromatic N) is 1. The number of aromatic amines is 1. The first-order chi connectivity index (χ1) is 7.65. The molecule has 0 bridgehead atoms. The lowest BCUT2D eigenvalue weighted by Crippen LogP contribution is -2.27. The van der Waals surface area contributed by atoms with Gasteiger partial charge in [0.05, 0.1) is 12.1 Å². The van der Waals surface area contributed by atoms with Crippen molar-refractivity contribution in [2.75, 3.05) is 20.3 Å². The van der Waals surface area contributed by atoms with Gasteiger partial charge < -0.3 is 10.1 Å². The van der Waals surface area contributed by atoms with Crippen LogP contribution in [0.1, 0.15) is 23.4 Å². The van der Waals surface area contributed by atoms with Gasteiger partial charge in [-0.1, -0.05) is 0 Å². The number of carbonyl (C=O) groups excluding carboxylic acids is 1. The lowest BCUT2D eigenvalue weighted by molar-refractivity contribution is -0.120. The van der Waals surface area contributed by atoms with Crippen LogP contribution < -0.4 is 5.32 Å². The molecule has 0 fully saturated rings. The van der Waals surface area contributed by atoms with Gasteiger partial charge in [-0.15, -0.1) is 0 Å². The number of aryl methyl sites for hydroxylation is 2. The average Bonchev–Trinajstić information content (AvgIpc) is 2.56. The number of carbonyl (C=O) groups is 1. The summed E-state index contributed by atoms with van der Waals surface area (Å²) >= 11 is 0. The van der Waals surface area contributed by atoms with E-state index >= 15 is 0 Å². The lowest BCUT2D eigenvalue weighted by Gasteiger charge is -2.04. The molecular formula is C11H19N3O2. The molecular weight excluding hydrogens is 206 g/mol. The molecule has 0 spiro atoms. The monoisotopic (exact) mass is 225 g/mol. The molecule has 1 rings (SSSR count). The van der Waals surface area contributed by atoms with Gasteiger partial charge in [0.2, 0.25) is 5.91 Å². The SMILES string of the molecule is COCCCNC(=O)Cc1c(C)n[nH]c1C. The fraction of sp³-hybridized carbons (Fsp3) is 0.636. The maximum atomic E-state index is 11.6. The molecule has 0 aromatic carbocycles. The Morgan fingerprint density at radius 3 is 2.81 bits per heavy atom. The molecule has 0 unspecified atom stereocenters. The van der Waals surface area contributed by atoms with Crippen molar-refractivity contribution in [3.63, 3.8) is 0 Å². The van der Waals surface area contributed by atoms with Gasteiger partial charge in [0.1, 0.15) is 0 Å². The normalized spacial score (nSPS) is 10.4. The van der Waals surface area contributed by atoms with Gasteiger partial charge in [-0.05, 0) is 20.3 Å². The minimum Gasteiger partial charge on any atom is -0.385 e. The van der Waals surface area contributed by atoms with Crippen LogP contribution in [0.5, 0.6) is 0 Å². The van der Waals surface area contributed by atoms with Gasteiger partial charge in [0, 0.05) is 31.5 Å². The van der Waals surface area contributed by atoms with Crippen LogP contribution in [0.3, 0.4) is 0 Å². The second kappa shape index (κ2) is 6.27. The first kappa shape index (κ1) is 12.7. The van der Waals surface area contributed by atoms with Crippen molar-refractivity contribution in [2.24, 2.45) is 0 Å². The third-order valence-corrected chi connectivity index (χ3v) is 2.47. The van der Waals surface area contributed by atoms with E-state index in [9.17, 15) is 4.79 Å². The van der Waals surface area contributed by atoms with Crippen molar-refractivity contribution in [1.82, 2.24) is 15.5 Å². The molecule has 1 heterocycles. The summed E-state index contributed by atoms with van der Waals surface area (Å²) in [6.07, 6.45) is 1.23. The molecule has 0 aliphatic carbocycles. The van der Waals surface area contributed by atoms with Crippen LogP contribution in [0.2, 0.25) is 0 Å². The molecule has 16 heavy (non-hydrogen) atoms. The van der Waals surface area contributed by atoms with E-state index in [-0.39, 0.29) is 5.91 Å². The highest BCUT2D eigenvalue weighted by molar-refractivity contribution is 5.79. The van der Waals surface area contributed by atoms with E-state index in [1.807, 2.05) is 13.8 Å². The second-order valence-electron chi connectivity index (χ2n) is 3.79. The molecule has 90 valence electrons. The first-order valence-corrected chi connectivity index (χ1v) is 5.41. The Labute approximate surface area is 95.6 Å². The van der Waals surface area contributed by atoms with Crippen molar-refractivity contribution < 1.29 is 9.53 Å². The number of ether oxygens (including phenoxy) is 1. The van der Waals surface area contributed by atoms with Crippen LogP contribution in [0, 0.1) is 13.8 Å². The first-order valence-electron chi connectivity index (χ1n) is 5.41. The Morgan fingerprint density at radius 1 is 1.50 bits per heavy atom. The number of hydrogen-bond donors (Lipinski definition) is 2. The highest BCUT2D eigenvalue weighted by Gasteiger charge is 2.10. The molecule has 0 atom stereocenters. The number of hydrogen-bond acceptors (Lipinski definition) is 3. The quantitative estimate of drug-likeness (QED) is 0.701. The predicted octanol–water partition coefficient (Wildman–Crippen LogP) is 0.722. The molecule has 1 aromatic rings. The van der Waals surface area contributed by atoms with Crippen LogP contribution in [0.4, 0.5) is 0 Å². The zero-order chi connectivity index (χ0) is 12.0. The fourth-order valence-corrected chi connectivity index (χ4v) is 1.50. The van der Waals surface area contributed by atoms with Gasteiger partial charge >= 0.3 is 0 Å². The smallest absolute Gasteiger partial charge is 0.224 e. The highest BCUT2D eigenvalue weighted by Crippen LogP contribution is 2.09. The van der Waals surface area contributed by atoms with Gasteiger partial charge in [-0.3, -0.25) is 9.89 Å². The molecule has 0 radical (unpaired) electrons. The van der Waals surface area contributed by atoms with Crippen LogP contribution in [0.15, 0.2) is 0 Å². The second-order valence-corrected chi connectivity index (χ2v) is 3.79. The summed E-state index contributed by atoms with van der Waals surface area (Å²) < 4.78 is 4.90. The third-order valence-electron chi connectivity index (χ3n) is 2.47. The summed E-state index contributed by atoms with van der Waals surface area (Å²) in [5.74, 6) is 0.0312. The van der Waals surface area contributed by atoms with E-state index in [0.29, 0.717) is 19.6 Å². The van der Waals surface area contributed by atoms with Gasteiger partial charge in [-0.25, -0.2) is 0 Å². The molecule has 5 heteroatoms. The standard InChI is InChI=1S/C11H19N3O2/c1-8-10(9(2)14-13-8)7-11(15)12-5-4-6-16-3/h4-7H2,1-3H3,(H,12,15)(H,13,14). The maximum Gasteiger partial charge on any atom is 0.224 e. The zero-order valence-electron chi connectivity index (χ0n) is 10.1. The number of nitrogens with one attached hydrogen (secondary N) is 2. The van der Waals surface area contributed by atoms with Crippen LogP contribution >= 0.6 is 0 Å². The van der Waals surface area contributed by atoms with Crippen LogP contribution in [-0.4, -0.2) is 36.4 Å². The van der Waals surface area contributed by atoms with E-state index in [1.165, 1.54) is 0 Å². The van der Waals surface area contributed by atoms with E-state index in [2.05, 4.69) is 15.5 Å². The minimum absolute atomic E-state index is 0.0312. The maximum absolute atomic E-state index is 11.6. The highest BCUT2D eigenvalue weighted by atomic mass is 16.5. The van der Waals surface area contributed by atoms with E-state index in [0.717, 1.165) is 23.4 Å². The summed E-state index contributed by atoms with van der Waals surface area (Å²) in [5, 5.41) is 9.77. The Balaban J connectivity index is 2.34.